The second kappa shape index (κ2) is 9.98. The molecule has 1 aliphatic heterocycles. The van der Waals surface area contributed by atoms with E-state index in [2.05, 4.69) is 11.5 Å². The number of hydrogen-bond acceptors (Lipinski definition) is 5. The Kier molecular flexibility index (Phi) is 7.62. The number of likely N-dealkylation sites (tertiary alicyclic amines) is 1. The number of hydrogen-bond donors (Lipinski definition) is 0. The number of carbonyl (C=O) groups excluding carboxylic acids is 1. The van der Waals surface area contributed by atoms with Gasteiger partial charge in [0.25, 0.3) is 0 Å². The first kappa shape index (κ1) is 18.3. The van der Waals surface area contributed by atoms with Gasteiger partial charge in [0.15, 0.2) is 0 Å². The first-order valence-electron chi connectivity index (χ1n) is 8.58. The van der Waals surface area contributed by atoms with Gasteiger partial charge >= 0.3 is 5.97 Å². The fourth-order valence-electron chi connectivity index (χ4n) is 2.79. The molecular formula is C19H27NO4. The van der Waals surface area contributed by atoms with Gasteiger partial charge in [-0.15, -0.1) is 0 Å². The second-order valence-corrected chi connectivity index (χ2v) is 5.81. The highest BCUT2D eigenvalue weighted by Crippen LogP contribution is 2.19. The number of benzene rings is 1. The van der Waals surface area contributed by atoms with E-state index in [1.807, 2.05) is 31.2 Å². The summed E-state index contributed by atoms with van der Waals surface area (Å²) in [6.45, 7) is 9.59. The van der Waals surface area contributed by atoms with Gasteiger partial charge in [0.05, 0.1) is 12.5 Å². The molecule has 1 saturated heterocycles. The van der Waals surface area contributed by atoms with Gasteiger partial charge in [-0.1, -0.05) is 12.7 Å². The molecule has 5 nitrogen and oxygen atoms in total. The van der Waals surface area contributed by atoms with Crippen molar-refractivity contribution >= 4 is 5.97 Å². The summed E-state index contributed by atoms with van der Waals surface area (Å²) in [5, 5.41) is 0. The van der Waals surface area contributed by atoms with Crippen molar-refractivity contribution in [2.24, 2.45) is 5.92 Å². The van der Waals surface area contributed by atoms with Crippen molar-refractivity contribution in [1.82, 2.24) is 4.90 Å². The summed E-state index contributed by atoms with van der Waals surface area (Å²) in [6, 6.07) is 7.57. The predicted octanol–water partition coefficient (Wildman–Crippen LogP) is 2.91. The summed E-state index contributed by atoms with van der Waals surface area (Å²) in [6.07, 6.45) is 3.66. The lowest BCUT2D eigenvalue weighted by molar-refractivity contribution is -0.150. The quantitative estimate of drug-likeness (QED) is 0.514. The third-order valence-corrected chi connectivity index (χ3v) is 3.99. The molecule has 1 atom stereocenters. The van der Waals surface area contributed by atoms with Crippen molar-refractivity contribution in [1.29, 1.82) is 0 Å². The zero-order chi connectivity index (χ0) is 17.2. The van der Waals surface area contributed by atoms with Crippen LogP contribution in [-0.4, -0.2) is 50.3 Å². The molecule has 24 heavy (non-hydrogen) atoms. The Balaban J connectivity index is 1.71. The van der Waals surface area contributed by atoms with Gasteiger partial charge in [0.1, 0.15) is 24.7 Å². The summed E-state index contributed by atoms with van der Waals surface area (Å²) in [4.78, 5) is 14.1. The summed E-state index contributed by atoms with van der Waals surface area (Å²) in [5.41, 5.74) is 0. The predicted molar refractivity (Wildman–Crippen MR) is 93.4 cm³/mol. The fraction of sp³-hybridized carbons (Fsp3) is 0.526. The Hall–Kier alpha value is -2.01. The van der Waals surface area contributed by atoms with Gasteiger partial charge in [0, 0.05) is 13.1 Å². The average molecular weight is 333 g/mol. The van der Waals surface area contributed by atoms with E-state index in [-0.39, 0.29) is 11.9 Å². The van der Waals surface area contributed by atoms with Crippen LogP contribution in [0.1, 0.15) is 19.8 Å². The molecule has 1 fully saturated rings. The maximum atomic E-state index is 11.8. The van der Waals surface area contributed by atoms with Crippen molar-refractivity contribution in [3.05, 3.63) is 36.9 Å². The Labute approximate surface area is 144 Å². The standard InChI is InChI=1S/C19H27NO4/c1-3-13-23-17-7-9-18(10-8-17)24-14-12-20-11-5-6-16(15-20)19(21)22-4-2/h3,7-10,16H,1,4-6,11-15H2,2H3/t16-/m1/s1. The highest BCUT2D eigenvalue weighted by Gasteiger charge is 2.26. The fourth-order valence-corrected chi connectivity index (χ4v) is 2.79. The SMILES string of the molecule is C=CCOc1ccc(OCCN2CCC[C@@H](C(=O)OCC)C2)cc1. The molecule has 0 bridgehead atoms. The molecule has 0 radical (unpaired) electrons. The zero-order valence-corrected chi connectivity index (χ0v) is 14.4. The molecule has 1 aromatic carbocycles. The third-order valence-electron chi connectivity index (χ3n) is 3.99. The van der Waals surface area contributed by atoms with Crippen molar-refractivity contribution in [2.45, 2.75) is 19.8 Å². The second-order valence-electron chi connectivity index (χ2n) is 5.81. The van der Waals surface area contributed by atoms with Crippen LogP contribution >= 0.6 is 0 Å². The Morgan fingerprint density at radius 1 is 1.29 bits per heavy atom. The molecule has 0 aromatic heterocycles. The first-order chi connectivity index (χ1) is 11.7. The maximum absolute atomic E-state index is 11.8. The molecule has 0 spiro atoms. The number of rotatable bonds is 9. The molecule has 0 N–H and O–H groups in total. The number of piperidine rings is 1. The van der Waals surface area contributed by atoms with Crippen molar-refractivity contribution in [2.75, 3.05) is 39.5 Å². The molecule has 0 amide bonds. The monoisotopic (exact) mass is 333 g/mol. The average Bonchev–Trinajstić information content (AvgIpc) is 2.61. The van der Waals surface area contributed by atoms with E-state index >= 15 is 0 Å². The first-order valence-corrected chi connectivity index (χ1v) is 8.58. The highest BCUT2D eigenvalue weighted by molar-refractivity contribution is 5.72. The molecule has 2 rings (SSSR count). The van der Waals surface area contributed by atoms with Gasteiger partial charge in [-0.05, 0) is 50.6 Å². The Morgan fingerprint density at radius 2 is 2.00 bits per heavy atom. The van der Waals surface area contributed by atoms with Crippen molar-refractivity contribution in [3.8, 4) is 11.5 Å². The lowest BCUT2D eigenvalue weighted by Crippen LogP contribution is -2.41. The van der Waals surface area contributed by atoms with E-state index in [1.54, 1.807) is 6.08 Å². The minimum absolute atomic E-state index is 0.00000703. The van der Waals surface area contributed by atoms with Gasteiger partial charge in [-0.3, -0.25) is 9.69 Å². The van der Waals surface area contributed by atoms with Crippen LogP contribution in [0.25, 0.3) is 0 Å². The van der Waals surface area contributed by atoms with Crippen LogP contribution in [0.15, 0.2) is 36.9 Å². The largest absolute Gasteiger partial charge is 0.492 e. The van der Waals surface area contributed by atoms with E-state index in [9.17, 15) is 4.79 Å². The summed E-state index contributed by atoms with van der Waals surface area (Å²) >= 11 is 0. The lowest BCUT2D eigenvalue weighted by atomic mass is 9.98. The number of ether oxygens (including phenoxy) is 3. The normalized spacial score (nSPS) is 18.0. The van der Waals surface area contributed by atoms with Crippen LogP contribution in [0.2, 0.25) is 0 Å². The minimum atomic E-state index is -0.0711. The smallest absolute Gasteiger partial charge is 0.310 e. The highest BCUT2D eigenvalue weighted by atomic mass is 16.5. The number of nitrogens with zero attached hydrogens (tertiary/aromatic N) is 1. The van der Waals surface area contributed by atoms with Gasteiger partial charge in [-0.2, -0.15) is 0 Å². The van der Waals surface area contributed by atoms with Crippen LogP contribution in [0, 0.1) is 5.92 Å². The number of carbonyl (C=O) groups is 1. The minimum Gasteiger partial charge on any atom is -0.492 e. The summed E-state index contributed by atoms with van der Waals surface area (Å²) < 4.78 is 16.3. The van der Waals surface area contributed by atoms with Gasteiger partial charge in [0.2, 0.25) is 0 Å². The Morgan fingerprint density at radius 3 is 2.67 bits per heavy atom. The van der Waals surface area contributed by atoms with Gasteiger partial charge in [-0.25, -0.2) is 0 Å². The van der Waals surface area contributed by atoms with Crippen LogP contribution in [0.4, 0.5) is 0 Å². The van der Waals surface area contributed by atoms with E-state index in [1.165, 1.54) is 0 Å². The zero-order valence-electron chi connectivity index (χ0n) is 14.4. The van der Waals surface area contributed by atoms with Gasteiger partial charge < -0.3 is 14.2 Å². The van der Waals surface area contributed by atoms with Crippen LogP contribution in [0.5, 0.6) is 11.5 Å². The molecule has 132 valence electrons. The molecule has 0 unspecified atom stereocenters. The Bertz CT molecular complexity index is 515. The third kappa shape index (κ3) is 5.89. The molecule has 0 saturated carbocycles. The van der Waals surface area contributed by atoms with Crippen LogP contribution in [-0.2, 0) is 9.53 Å². The van der Waals surface area contributed by atoms with Crippen molar-refractivity contribution in [3.63, 3.8) is 0 Å². The summed E-state index contributed by atoms with van der Waals surface area (Å²) in [7, 11) is 0. The molecule has 0 aliphatic carbocycles. The molecule has 1 aromatic rings. The maximum Gasteiger partial charge on any atom is 0.310 e. The van der Waals surface area contributed by atoms with Crippen molar-refractivity contribution < 1.29 is 19.0 Å². The number of esters is 1. The van der Waals surface area contributed by atoms with Crippen LogP contribution in [0.3, 0.4) is 0 Å². The molecule has 1 heterocycles. The molecule has 5 heteroatoms. The lowest BCUT2D eigenvalue weighted by Gasteiger charge is -2.31. The molecule has 1 aliphatic rings. The topological polar surface area (TPSA) is 48.0 Å². The molecular weight excluding hydrogens is 306 g/mol. The van der Waals surface area contributed by atoms with E-state index < -0.39 is 0 Å². The van der Waals surface area contributed by atoms with E-state index in [4.69, 9.17) is 14.2 Å². The van der Waals surface area contributed by atoms with E-state index in [0.717, 1.165) is 44.0 Å². The summed E-state index contributed by atoms with van der Waals surface area (Å²) in [5.74, 6) is 1.55. The van der Waals surface area contributed by atoms with E-state index in [0.29, 0.717) is 19.8 Å². The van der Waals surface area contributed by atoms with Crippen LogP contribution < -0.4 is 9.47 Å².